The van der Waals surface area contributed by atoms with E-state index in [4.69, 9.17) is 52.2 Å². The second kappa shape index (κ2) is 14.3. The Bertz CT molecular complexity index is 1760. The van der Waals surface area contributed by atoms with Gasteiger partial charge in [-0.1, -0.05) is 69.5 Å². The number of nitrogens with zero attached hydrogens (tertiary/aromatic N) is 1. The van der Waals surface area contributed by atoms with Gasteiger partial charge in [-0.3, -0.25) is 10.2 Å². The zero-order valence-corrected chi connectivity index (χ0v) is 27.6. The van der Waals surface area contributed by atoms with Crippen molar-refractivity contribution in [1.82, 2.24) is 10.9 Å². The first-order chi connectivity index (χ1) is 22.4. The van der Waals surface area contributed by atoms with E-state index in [-0.39, 0.29) is 25.7 Å². The third-order valence-electron chi connectivity index (χ3n) is 7.62. The molecule has 6 rings (SSSR count). The number of hydrogen-bond donors (Lipinski definition) is 3. The molecule has 4 aromatic rings. The molecule has 2 aliphatic rings. The molecule has 46 heavy (non-hydrogen) atoms. The van der Waals surface area contributed by atoms with Crippen LogP contribution in [-0.2, 0) is 22.5 Å². The van der Waals surface area contributed by atoms with E-state index >= 15 is 0 Å². The van der Waals surface area contributed by atoms with Crippen molar-refractivity contribution in [3.8, 4) is 17.2 Å². The summed E-state index contributed by atoms with van der Waals surface area (Å²) in [6, 6.07) is 25.6. The number of aliphatic hydroxyl groups excluding tert-OH is 1. The van der Waals surface area contributed by atoms with Crippen molar-refractivity contribution in [2.45, 2.75) is 31.0 Å². The molecular formula is C34H30BrCl2N3O6. The van der Waals surface area contributed by atoms with Gasteiger partial charge < -0.3 is 24.1 Å². The monoisotopic (exact) mass is 725 g/mol. The number of amides is 1. The van der Waals surface area contributed by atoms with Gasteiger partial charge >= 0.3 is 0 Å². The summed E-state index contributed by atoms with van der Waals surface area (Å²) in [6.07, 6.45) is -0.204. The second-order valence-corrected chi connectivity index (χ2v) is 12.4. The highest BCUT2D eigenvalue weighted by Crippen LogP contribution is 2.45. The number of nitrogens with one attached hydrogen (secondary N) is 2. The largest absolute Gasteiger partial charge is 0.494 e. The summed E-state index contributed by atoms with van der Waals surface area (Å²) in [6.45, 7) is 0.924. The lowest BCUT2D eigenvalue weighted by Gasteiger charge is -2.31. The smallest absolute Gasteiger partial charge is 0.266 e. The van der Waals surface area contributed by atoms with Gasteiger partial charge in [0.15, 0.2) is 23.1 Å². The molecule has 2 aliphatic heterocycles. The number of halogens is 3. The highest BCUT2D eigenvalue weighted by molar-refractivity contribution is 9.10. The highest BCUT2D eigenvalue weighted by Gasteiger charge is 2.54. The second-order valence-electron chi connectivity index (χ2n) is 10.7. The Morgan fingerprint density at radius 1 is 1.02 bits per heavy atom. The molecule has 3 N–H and O–H groups in total. The molecule has 2 heterocycles. The Kier molecular flexibility index (Phi) is 10.0. The minimum absolute atomic E-state index is 0.0462. The summed E-state index contributed by atoms with van der Waals surface area (Å²) in [4.78, 5) is 19.5. The van der Waals surface area contributed by atoms with Gasteiger partial charge in [-0.05, 0) is 65.7 Å². The van der Waals surface area contributed by atoms with E-state index in [0.29, 0.717) is 58.0 Å². The predicted molar refractivity (Wildman–Crippen MR) is 179 cm³/mol. The average molecular weight is 727 g/mol. The topological polar surface area (TPSA) is 111 Å². The quantitative estimate of drug-likeness (QED) is 0.112. The van der Waals surface area contributed by atoms with Crippen LogP contribution in [0.1, 0.15) is 34.8 Å². The summed E-state index contributed by atoms with van der Waals surface area (Å²) in [7, 11) is 0. The third kappa shape index (κ3) is 6.96. The maximum Gasteiger partial charge on any atom is 0.266 e. The first-order valence-corrected chi connectivity index (χ1v) is 16.1. The molecule has 1 amide bonds. The molecular weight excluding hydrogens is 697 g/mol. The van der Waals surface area contributed by atoms with Gasteiger partial charge in [-0.15, -0.1) is 0 Å². The van der Waals surface area contributed by atoms with Crippen molar-refractivity contribution in [1.29, 1.82) is 0 Å². The molecule has 0 radical (unpaired) electrons. The van der Waals surface area contributed by atoms with Crippen molar-refractivity contribution in [2.75, 3.05) is 20.0 Å². The molecule has 9 nitrogen and oxygen atoms in total. The number of benzene rings is 4. The van der Waals surface area contributed by atoms with E-state index in [0.717, 1.165) is 15.6 Å². The fourth-order valence-electron chi connectivity index (χ4n) is 5.29. The van der Waals surface area contributed by atoms with Crippen molar-refractivity contribution >= 4 is 50.9 Å². The van der Waals surface area contributed by atoms with Crippen LogP contribution in [0.2, 0.25) is 10.0 Å². The Morgan fingerprint density at radius 2 is 1.83 bits per heavy atom. The summed E-state index contributed by atoms with van der Waals surface area (Å²) in [5.41, 5.74) is 7.40. The van der Waals surface area contributed by atoms with Crippen LogP contribution in [0.4, 0.5) is 0 Å². The van der Waals surface area contributed by atoms with E-state index in [2.05, 4.69) is 26.8 Å². The molecule has 0 unspecified atom stereocenters. The molecule has 2 atom stereocenters. The minimum Gasteiger partial charge on any atom is -0.494 e. The Labute approximate surface area is 284 Å². The SMILES string of the molecule is O=C(NNCc1ccc2c(c1)OCO2)[C@@]1(Cc2ccccc2Br)N=C(c2ccc(OCCCO)cc2)O[C@H]1c1ccc(Cl)cc1Cl. The normalized spacial score (nSPS) is 18.2. The van der Waals surface area contributed by atoms with Crippen molar-refractivity contribution < 1.29 is 28.8 Å². The zero-order valence-electron chi connectivity index (χ0n) is 24.5. The van der Waals surface area contributed by atoms with Gasteiger partial charge in [-0.25, -0.2) is 10.4 Å². The van der Waals surface area contributed by atoms with Gasteiger partial charge in [0.25, 0.3) is 5.91 Å². The summed E-state index contributed by atoms with van der Waals surface area (Å²) in [5.74, 6) is 1.82. The Balaban J connectivity index is 1.36. The van der Waals surface area contributed by atoms with Gasteiger partial charge in [-0.2, -0.15) is 0 Å². The molecule has 0 fully saturated rings. The summed E-state index contributed by atoms with van der Waals surface area (Å²) < 4.78 is 24.0. The van der Waals surface area contributed by atoms with Gasteiger partial charge in [0.2, 0.25) is 12.7 Å². The standard InChI is InChI=1S/C34H30BrCl2N3O6/c35-27-5-2-1-4-23(27)18-34(33(42)40-38-19-21-6-13-29-30(16-21)45-20-44-29)31(26-12-9-24(36)17-28(26)37)46-32(39-34)22-7-10-25(11-8-22)43-15-3-14-41/h1-2,4-13,16-17,31,38,41H,3,14-15,18-20H2,(H,40,42)/t31-,34-/m0/s1. The van der Waals surface area contributed by atoms with Crippen LogP contribution in [0.15, 0.2) is 94.4 Å². The Morgan fingerprint density at radius 3 is 2.61 bits per heavy atom. The number of fused-ring (bicyclic) bond motifs is 1. The van der Waals surface area contributed by atoms with E-state index in [1.54, 1.807) is 30.3 Å². The lowest BCUT2D eigenvalue weighted by molar-refractivity contribution is -0.130. The van der Waals surface area contributed by atoms with Crippen LogP contribution in [0, 0.1) is 0 Å². The number of aliphatic hydroxyl groups is 1. The molecule has 0 saturated heterocycles. The van der Waals surface area contributed by atoms with Crippen molar-refractivity contribution in [3.05, 3.63) is 122 Å². The number of carbonyl (C=O) groups is 1. The predicted octanol–water partition coefficient (Wildman–Crippen LogP) is 6.57. The van der Waals surface area contributed by atoms with Gasteiger partial charge in [0.1, 0.15) is 5.75 Å². The van der Waals surface area contributed by atoms with Crippen LogP contribution in [0.3, 0.4) is 0 Å². The summed E-state index contributed by atoms with van der Waals surface area (Å²) >= 11 is 16.7. The van der Waals surface area contributed by atoms with Crippen molar-refractivity contribution in [3.63, 3.8) is 0 Å². The maximum atomic E-state index is 14.5. The van der Waals surface area contributed by atoms with E-state index in [9.17, 15) is 4.79 Å². The molecule has 12 heteroatoms. The van der Waals surface area contributed by atoms with Crippen LogP contribution in [-0.4, -0.2) is 42.5 Å². The maximum absolute atomic E-state index is 14.5. The molecule has 0 aromatic heterocycles. The molecule has 0 aliphatic carbocycles. The van der Waals surface area contributed by atoms with Crippen LogP contribution < -0.4 is 25.1 Å². The molecule has 0 bridgehead atoms. The molecule has 0 spiro atoms. The number of hydrogen-bond acceptors (Lipinski definition) is 8. The van der Waals surface area contributed by atoms with E-state index in [1.807, 2.05) is 54.6 Å². The number of hydrazine groups is 1. The fourth-order valence-corrected chi connectivity index (χ4v) is 6.22. The number of carbonyl (C=O) groups excluding carboxylic acids is 1. The number of aliphatic imine (C=N–C) groups is 1. The average Bonchev–Trinajstić information content (AvgIpc) is 3.68. The Hall–Kier alpha value is -3.80. The molecule has 238 valence electrons. The van der Waals surface area contributed by atoms with Crippen LogP contribution in [0.25, 0.3) is 0 Å². The molecule has 4 aromatic carbocycles. The number of ether oxygens (including phenoxy) is 4. The van der Waals surface area contributed by atoms with Crippen LogP contribution in [0.5, 0.6) is 17.2 Å². The lowest BCUT2D eigenvalue weighted by atomic mass is 9.82. The lowest BCUT2D eigenvalue weighted by Crippen LogP contribution is -2.53. The summed E-state index contributed by atoms with van der Waals surface area (Å²) in [5, 5.41) is 9.87. The first-order valence-electron chi connectivity index (χ1n) is 14.6. The fraction of sp³-hybridized carbons (Fsp3) is 0.235. The zero-order chi connectivity index (χ0) is 32.1. The van der Waals surface area contributed by atoms with Crippen LogP contribution >= 0.6 is 39.1 Å². The van der Waals surface area contributed by atoms with Gasteiger partial charge in [0, 0.05) is 51.6 Å². The van der Waals surface area contributed by atoms with E-state index < -0.39 is 17.6 Å². The van der Waals surface area contributed by atoms with Crippen molar-refractivity contribution in [2.24, 2.45) is 4.99 Å². The van der Waals surface area contributed by atoms with E-state index in [1.165, 1.54) is 0 Å². The minimum atomic E-state index is -1.49. The molecule has 0 saturated carbocycles. The highest BCUT2D eigenvalue weighted by atomic mass is 79.9. The first kappa shape index (κ1) is 32.2. The van der Waals surface area contributed by atoms with Gasteiger partial charge in [0.05, 0.1) is 6.61 Å². The third-order valence-corrected chi connectivity index (χ3v) is 8.96. The number of rotatable bonds is 12.